The summed E-state index contributed by atoms with van der Waals surface area (Å²) in [5.41, 5.74) is 6.37. The zero-order chi connectivity index (χ0) is 10.0. The number of rotatable bonds is 3. The SMILES string of the molecule is Cc1cc(C[C@@H](N)C(=O)O)oc1C. The van der Waals surface area contributed by atoms with Gasteiger partial charge in [-0.05, 0) is 25.5 Å². The number of carboxylic acid groups (broad SMARTS) is 1. The van der Waals surface area contributed by atoms with E-state index >= 15 is 0 Å². The standard InChI is InChI=1S/C9H13NO3/c1-5-3-7(13-6(5)2)4-8(10)9(11)12/h3,8H,4,10H2,1-2H3,(H,11,12)/t8-/m1/s1. The van der Waals surface area contributed by atoms with Gasteiger partial charge in [0, 0.05) is 6.42 Å². The van der Waals surface area contributed by atoms with Crippen LogP contribution in [0.25, 0.3) is 0 Å². The lowest BCUT2D eigenvalue weighted by atomic mass is 10.2. The molecule has 3 N–H and O–H groups in total. The number of carbonyl (C=O) groups is 1. The molecular weight excluding hydrogens is 170 g/mol. The lowest BCUT2D eigenvalue weighted by molar-refractivity contribution is -0.138. The zero-order valence-corrected chi connectivity index (χ0v) is 7.70. The fourth-order valence-electron chi connectivity index (χ4n) is 1.05. The van der Waals surface area contributed by atoms with Gasteiger partial charge in [-0.2, -0.15) is 0 Å². The van der Waals surface area contributed by atoms with Gasteiger partial charge >= 0.3 is 5.97 Å². The molecule has 1 atom stereocenters. The molecule has 0 spiro atoms. The summed E-state index contributed by atoms with van der Waals surface area (Å²) in [5, 5.41) is 8.55. The Balaban J connectivity index is 2.69. The molecule has 0 saturated heterocycles. The van der Waals surface area contributed by atoms with Crippen LogP contribution in [0.4, 0.5) is 0 Å². The smallest absolute Gasteiger partial charge is 0.320 e. The van der Waals surface area contributed by atoms with Crippen molar-refractivity contribution in [3.05, 3.63) is 23.2 Å². The Morgan fingerprint density at radius 3 is 2.69 bits per heavy atom. The summed E-state index contributed by atoms with van der Waals surface area (Å²) in [7, 11) is 0. The molecule has 0 aliphatic heterocycles. The minimum absolute atomic E-state index is 0.240. The van der Waals surface area contributed by atoms with Crippen LogP contribution in [0.15, 0.2) is 10.5 Å². The van der Waals surface area contributed by atoms with Gasteiger partial charge in [0.15, 0.2) is 0 Å². The second-order valence-corrected chi connectivity index (χ2v) is 3.10. The maximum Gasteiger partial charge on any atom is 0.320 e. The van der Waals surface area contributed by atoms with Crippen molar-refractivity contribution in [2.24, 2.45) is 5.73 Å². The van der Waals surface area contributed by atoms with Crippen LogP contribution >= 0.6 is 0 Å². The molecule has 0 aromatic carbocycles. The molecule has 1 rings (SSSR count). The number of aliphatic carboxylic acids is 1. The summed E-state index contributed by atoms with van der Waals surface area (Å²) in [6.45, 7) is 3.75. The number of nitrogens with two attached hydrogens (primary N) is 1. The molecule has 0 amide bonds. The molecule has 0 saturated carbocycles. The van der Waals surface area contributed by atoms with E-state index in [1.165, 1.54) is 0 Å². The Hall–Kier alpha value is -1.29. The Morgan fingerprint density at radius 2 is 2.31 bits per heavy atom. The van der Waals surface area contributed by atoms with E-state index in [9.17, 15) is 4.79 Å². The first-order valence-electron chi connectivity index (χ1n) is 4.05. The summed E-state index contributed by atoms with van der Waals surface area (Å²) < 4.78 is 5.29. The topological polar surface area (TPSA) is 76.5 Å². The number of hydrogen-bond donors (Lipinski definition) is 2. The molecule has 13 heavy (non-hydrogen) atoms. The van der Waals surface area contributed by atoms with Crippen molar-refractivity contribution < 1.29 is 14.3 Å². The van der Waals surface area contributed by atoms with E-state index in [1.807, 2.05) is 19.9 Å². The number of carboxylic acids is 1. The molecule has 4 nitrogen and oxygen atoms in total. The highest BCUT2D eigenvalue weighted by atomic mass is 16.4. The van der Waals surface area contributed by atoms with Crippen LogP contribution in [0.3, 0.4) is 0 Å². The quantitative estimate of drug-likeness (QED) is 0.728. The van der Waals surface area contributed by atoms with Crippen molar-refractivity contribution in [1.82, 2.24) is 0 Å². The lowest BCUT2D eigenvalue weighted by Gasteiger charge is -2.01. The van der Waals surface area contributed by atoms with Crippen LogP contribution < -0.4 is 5.73 Å². The van der Waals surface area contributed by atoms with Crippen LogP contribution in [0.1, 0.15) is 17.1 Å². The number of aryl methyl sites for hydroxylation is 2. The first-order valence-corrected chi connectivity index (χ1v) is 4.05. The van der Waals surface area contributed by atoms with Crippen molar-refractivity contribution in [3.8, 4) is 0 Å². The maximum absolute atomic E-state index is 10.4. The Bertz CT molecular complexity index is 297. The van der Waals surface area contributed by atoms with E-state index < -0.39 is 12.0 Å². The third-order valence-electron chi connectivity index (χ3n) is 1.96. The summed E-state index contributed by atoms with van der Waals surface area (Å²) in [5.74, 6) is 0.434. The highest BCUT2D eigenvalue weighted by molar-refractivity contribution is 5.73. The van der Waals surface area contributed by atoms with E-state index in [0.29, 0.717) is 5.76 Å². The highest BCUT2D eigenvalue weighted by Gasteiger charge is 2.14. The van der Waals surface area contributed by atoms with Gasteiger partial charge in [0.2, 0.25) is 0 Å². The number of hydrogen-bond acceptors (Lipinski definition) is 3. The highest BCUT2D eigenvalue weighted by Crippen LogP contribution is 2.14. The summed E-state index contributed by atoms with van der Waals surface area (Å²) in [6.07, 6.45) is 0.240. The van der Waals surface area contributed by atoms with Gasteiger partial charge in [-0.15, -0.1) is 0 Å². The molecule has 0 fully saturated rings. The predicted octanol–water partition coefficient (Wildman–Crippen LogP) is 0.851. The molecule has 1 aromatic rings. The molecule has 0 aliphatic carbocycles. The average Bonchev–Trinajstić information content (AvgIpc) is 2.31. The van der Waals surface area contributed by atoms with Crippen LogP contribution in [0.5, 0.6) is 0 Å². The first-order chi connectivity index (χ1) is 6.00. The molecule has 0 radical (unpaired) electrons. The Morgan fingerprint density at radius 1 is 1.69 bits per heavy atom. The van der Waals surface area contributed by atoms with Crippen LogP contribution in [0.2, 0.25) is 0 Å². The third kappa shape index (κ3) is 2.32. The van der Waals surface area contributed by atoms with Gasteiger partial charge in [0.1, 0.15) is 17.6 Å². The summed E-state index contributed by atoms with van der Waals surface area (Å²) >= 11 is 0. The second kappa shape index (κ2) is 3.62. The zero-order valence-electron chi connectivity index (χ0n) is 7.70. The van der Waals surface area contributed by atoms with E-state index in [0.717, 1.165) is 11.3 Å². The second-order valence-electron chi connectivity index (χ2n) is 3.10. The van der Waals surface area contributed by atoms with Crippen LogP contribution in [-0.4, -0.2) is 17.1 Å². The largest absolute Gasteiger partial charge is 0.480 e. The van der Waals surface area contributed by atoms with Crippen LogP contribution in [-0.2, 0) is 11.2 Å². The fraction of sp³-hybridized carbons (Fsp3) is 0.444. The van der Waals surface area contributed by atoms with Gasteiger partial charge in [-0.3, -0.25) is 4.79 Å². The normalized spacial score (nSPS) is 12.8. The first kappa shape index (κ1) is 9.80. The molecule has 0 aliphatic rings. The monoisotopic (exact) mass is 183 g/mol. The predicted molar refractivity (Wildman–Crippen MR) is 47.5 cm³/mol. The molecular formula is C9H13NO3. The average molecular weight is 183 g/mol. The molecule has 0 bridgehead atoms. The van der Waals surface area contributed by atoms with E-state index in [-0.39, 0.29) is 6.42 Å². The Kier molecular flexibility index (Phi) is 2.72. The van der Waals surface area contributed by atoms with E-state index in [2.05, 4.69) is 0 Å². The minimum Gasteiger partial charge on any atom is -0.480 e. The van der Waals surface area contributed by atoms with Crippen molar-refractivity contribution in [2.45, 2.75) is 26.3 Å². The maximum atomic E-state index is 10.4. The van der Waals surface area contributed by atoms with Crippen molar-refractivity contribution >= 4 is 5.97 Å². The Labute approximate surface area is 76.3 Å². The molecule has 1 heterocycles. The van der Waals surface area contributed by atoms with Crippen molar-refractivity contribution in [1.29, 1.82) is 0 Å². The third-order valence-corrected chi connectivity index (χ3v) is 1.96. The minimum atomic E-state index is -1.01. The number of furan rings is 1. The molecule has 1 aromatic heterocycles. The van der Waals surface area contributed by atoms with E-state index in [4.69, 9.17) is 15.3 Å². The van der Waals surface area contributed by atoms with Crippen molar-refractivity contribution in [3.63, 3.8) is 0 Å². The molecule has 4 heteroatoms. The van der Waals surface area contributed by atoms with Gasteiger partial charge in [0.05, 0.1) is 0 Å². The summed E-state index contributed by atoms with van der Waals surface area (Å²) in [6, 6.07) is 0.933. The molecule has 0 unspecified atom stereocenters. The molecule has 72 valence electrons. The van der Waals surface area contributed by atoms with Crippen molar-refractivity contribution in [2.75, 3.05) is 0 Å². The van der Waals surface area contributed by atoms with Gasteiger partial charge < -0.3 is 15.3 Å². The van der Waals surface area contributed by atoms with Gasteiger partial charge in [-0.25, -0.2) is 0 Å². The summed E-state index contributed by atoms with van der Waals surface area (Å²) in [4.78, 5) is 10.4. The van der Waals surface area contributed by atoms with Crippen LogP contribution in [0, 0.1) is 13.8 Å². The van der Waals surface area contributed by atoms with Gasteiger partial charge in [-0.1, -0.05) is 0 Å². The van der Waals surface area contributed by atoms with Gasteiger partial charge in [0.25, 0.3) is 0 Å². The fourth-order valence-corrected chi connectivity index (χ4v) is 1.05. The van der Waals surface area contributed by atoms with E-state index in [1.54, 1.807) is 0 Å². The lowest BCUT2D eigenvalue weighted by Crippen LogP contribution is -2.32.